The van der Waals surface area contributed by atoms with E-state index >= 15 is 0 Å². The Kier molecular flexibility index (Phi) is 6.02. The lowest BCUT2D eigenvalue weighted by atomic mass is 9.92. The first kappa shape index (κ1) is 21.1. The van der Waals surface area contributed by atoms with E-state index in [0.29, 0.717) is 27.2 Å². The molecule has 1 aliphatic rings. The van der Waals surface area contributed by atoms with Crippen molar-refractivity contribution in [3.8, 4) is 5.69 Å². The van der Waals surface area contributed by atoms with Crippen LogP contribution in [0.4, 0.5) is 0 Å². The summed E-state index contributed by atoms with van der Waals surface area (Å²) in [5, 5.41) is 2.46. The first-order chi connectivity index (χ1) is 14.3. The topological polar surface area (TPSA) is 55.2 Å². The molecule has 0 unspecified atom stereocenters. The summed E-state index contributed by atoms with van der Waals surface area (Å²) in [6.07, 6.45) is 1.17. The van der Waals surface area contributed by atoms with Crippen molar-refractivity contribution >= 4 is 39.2 Å². The van der Waals surface area contributed by atoms with Gasteiger partial charge >= 0.3 is 0 Å². The van der Waals surface area contributed by atoms with Crippen LogP contribution in [0.1, 0.15) is 31.4 Å². The monoisotopic (exact) mass is 441 g/mol. The van der Waals surface area contributed by atoms with Crippen LogP contribution in [0, 0.1) is 25.7 Å². The molecule has 0 spiro atoms. The van der Waals surface area contributed by atoms with Crippen LogP contribution in [0.2, 0.25) is 0 Å². The van der Waals surface area contributed by atoms with Crippen LogP contribution in [0.15, 0.2) is 39.6 Å². The molecule has 0 radical (unpaired) electrons. The van der Waals surface area contributed by atoms with Gasteiger partial charge in [-0.1, -0.05) is 31.7 Å². The van der Waals surface area contributed by atoms with Gasteiger partial charge in [0, 0.05) is 13.1 Å². The number of hydrogen-bond acceptors (Lipinski definition) is 5. The molecule has 5 nitrogen and oxygen atoms in total. The average molecular weight is 442 g/mol. The third kappa shape index (κ3) is 4.18. The highest BCUT2D eigenvalue weighted by Crippen LogP contribution is 2.26. The van der Waals surface area contributed by atoms with Crippen molar-refractivity contribution in [1.29, 1.82) is 0 Å². The fourth-order valence-corrected chi connectivity index (χ4v) is 5.84. The zero-order chi connectivity index (χ0) is 21.4. The Morgan fingerprint density at radius 3 is 2.60 bits per heavy atom. The van der Waals surface area contributed by atoms with E-state index in [1.54, 1.807) is 4.57 Å². The van der Waals surface area contributed by atoms with E-state index < -0.39 is 0 Å². The smallest absolute Gasteiger partial charge is 0.276 e. The second-order valence-corrected chi connectivity index (χ2v) is 10.3. The van der Waals surface area contributed by atoms with Gasteiger partial charge in [0.25, 0.3) is 5.56 Å². The molecule has 1 amide bonds. The Morgan fingerprint density at radius 2 is 1.90 bits per heavy atom. The molecule has 1 saturated heterocycles. The molecule has 0 saturated carbocycles. The van der Waals surface area contributed by atoms with E-state index in [-0.39, 0.29) is 17.2 Å². The highest BCUT2D eigenvalue weighted by atomic mass is 32.2. The third-order valence-corrected chi connectivity index (χ3v) is 7.56. The molecule has 3 aromatic rings. The molecule has 30 heavy (non-hydrogen) atoms. The van der Waals surface area contributed by atoms with Crippen molar-refractivity contribution in [1.82, 2.24) is 14.5 Å². The van der Waals surface area contributed by atoms with Gasteiger partial charge in [-0.2, -0.15) is 0 Å². The van der Waals surface area contributed by atoms with Crippen LogP contribution < -0.4 is 5.56 Å². The van der Waals surface area contributed by atoms with Crippen LogP contribution in [0.5, 0.6) is 0 Å². The molecule has 7 heteroatoms. The highest BCUT2D eigenvalue weighted by molar-refractivity contribution is 7.99. The Hall–Kier alpha value is -2.12. The van der Waals surface area contributed by atoms with Gasteiger partial charge in [0.15, 0.2) is 5.16 Å². The quantitative estimate of drug-likeness (QED) is 0.436. The molecular formula is C23H27N3O2S2. The maximum atomic E-state index is 13.3. The molecule has 2 aromatic heterocycles. The first-order valence-corrected chi connectivity index (χ1v) is 12.2. The molecule has 2 atom stereocenters. The summed E-state index contributed by atoms with van der Waals surface area (Å²) in [6, 6.07) is 7.85. The Morgan fingerprint density at radius 1 is 1.17 bits per heavy atom. The number of carbonyl (C=O) groups is 1. The fourth-order valence-electron chi connectivity index (χ4n) is 4.17. The number of benzene rings is 1. The van der Waals surface area contributed by atoms with E-state index in [9.17, 15) is 9.59 Å². The molecule has 0 bridgehead atoms. The van der Waals surface area contributed by atoms with Gasteiger partial charge in [-0.25, -0.2) is 4.98 Å². The minimum atomic E-state index is -0.0755. The van der Waals surface area contributed by atoms with Crippen LogP contribution in [0.25, 0.3) is 15.9 Å². The van der Waals surface area contributed by atoms with Gasteiger partial charge < -0.3 is 4.90 Å². The Balaban J connectivity index is 1.67. The lowest BCUT2D eigenvalue weighted by molar-refractivity contribution is -0.130. The van der Waals surface area contributed by atoms with E-state index in [1.807, 2.05) is 41.5 Å². The molecule has 1 fully saturated rings. The molecule has 3 heterocycles. The Labute approximate surface area is 185 Å². The summed E-state index contributed by atoms with van der Waals surface area (Å²) >= 11 is 2.76. The average Bonchev–Trinajstić information content (AvgIpc) is 3.17. The second-order valence-electron chi connectivity index (χ2n) is 8.47. The third-order valence-electron chi connectivity index (χ3n) is 5.74. The molecular weight excluding hydrogens is 414 g/mol. The molecule has 158 valence electrons. The number of nitrogens with zero attached hydrogens (tertiary/aromatic N) is 3. The number of thiophene rings is 1. The maximum Gasteiger partial charge on any atom is 0.276 e. The molecule has 0 aliphatic carbocycles. The number of aryl methyl sites for hydroxylation is 2. The van der Waals surface area contributed by atoms with Crippen molar-refractivity contribution in [2.24, 2.45) is 11.8 Å². The van der Waals surface area contributed by atoms with E-state index in [2.05, 4.69) is 20.8 Å². The summed E-state index contributed by atoms with van der Waals surface area (Å²) in [6.45, 7) is 10.1. The van der Waals surface area contributed by atoms with Crippen LogP contribution in [0.3, 0.4) is 0 Å². The normalized spacial score (nSPS) is 19.4. The van der Waals surface area contributed by atoms with E-state index in [1.165, 1.54) is 35.1 Å². The standard InChI is InChI=1S/C23H27N3O2S2/c1-14-9-15(2)12-25(11-14)20(27)13-30-23-24-19-7-8-29-21(19)22(28)26(23)18-6-5-16(3)17(4)10-18/h5-8,10,14-15H,9,11-13H2,1-4H3/t14-,15+. The minimum absolute atomic E-state index is 0.0755. The number of fused-ring (bicyclic) bond motifs is 1. The molecule has 4 rings (SSSR count). The predicted molar refractivity (Wildman–Crippen MR) is 125 cm³/mol. The second kappa shape index (κ2) is 8.55. The fraction of sp³-hybridized carbons (Fsp3) is 0.435. The number of amides is 1. The Bertz CT molecular complexity index is 1140. The molecule has 0 N–H and O–H groups in total. The van der Waals surface area contributed by atoms with Crippen molar-refractivity contribution in [3.63, 3.8) is 0 Å². The van der Waals surface area contributed by atoms with Gasteiger partial charge in [-0.05, 0) is 66.8 Å². The summed E-state index contributed by atoms with van der Waals surface area (Å²) in [7, 11) is 0. The van der Waals surface area contributed by atoms with Gasteiger partial charge in [-0.3, -0.25) is 14.2 Å². The molecule has 1 aromatic carbocycles. The van der Waals surface area contributed by atoms with Gasteiger partial charge in [0.05, 0.1) is 17.0 Å². The number of aromatic nitrogens is 2. The maximum absolute atomic E-state index is 13.3. The van der Waals surface area contributed by atoms with Crippen molar-refractivity contribution in [2.75, 3.05) is 18.8 Å². The zero-order valence-corrected chi connectivity index (χ0v) is 19.5. The summed E-state index contributed by atoms with van der Waals surface area (Å²) in [4.78, 5) is 32.9. The molecule has 1 aliphatic heterocycles. The van der Waals surface area contributed by atoms with E-state index in [0.717, 1.165) is 24.3 Å². The summed E-state index contributed by atoms with van der Waals surface area (Å²) < 4.78 is 2.30. The number of carbonyl (C=O) groups excluding carboxylic acids is 1. The SMILES string of the molecule is Cc1ccc(-n2c(SCC(=O)N3C[C@H](C)C[C@H](C)C3)nc3ccsc3c2=O)cc1C. The van der Waals surface area contributed by atoms with Crippen LogP contribution >= 0.6 is 23.1 Å². The van der Waals surface area contributed by atoms with Crippen molar-refractivity contribution < 1.29 is 4.79 Å². The van der Waals surface area contributed by atoms with Gasteiger partial charge in [0.1, 0.15) is 4.70 Å². The van der Waals surface area contributed by atoms with Gasteiger partial charge in [-0.15, -0.1) is 11.3 Å². The van der Waals surface area contributed by atoms with Crippen LogP contribution in [-0.2, 0) is 4.79 Å². The summed E-state index contributed by atoms with van der Waals surface area (Å²) in [5.74, 6) is 1.45. The largest absolute Gasteiger partial charge is 0.341 e. The van der Waals surface area contributed by atoms with Crippen molar-refractivity contribution in [2.45, 2.75) is 39.3 Å². The van der Waals surface area contributed by atoms with Crippen LogP contribution in [-0.4, -0.2) is 39.2 Å². The first-order valence-electron chi connectivity index (χ1n) is 10.3. The highest BCUT2D eigenvalue weighted by Gasteiger charge is 2.26. The number of hydrogen-bond donors (Lipinski definition) is 0. The number of rotatable bonds is 4. The number of piperidine rings is 1. The lowest BCUT2D eigenvalue weighted by Gasteiger charge is -2.35. The zero-order valence-electron chi connectivity index (χ0n) is 17.8. The number of thioether (sulfide) groups is 1. The van der Waals surface area contributed by atoms with Crippen molar-refractivity contribution in [3.05, 3.63) is 51.1 Å². The number of likely N-dealkylation sites (tertiary alicyclic amines) is 1. The van der Waals surface area contributed by atoms with E-state index in [4.69, 9.17) is 4.98 Å². The minimum Gasteiger partial charge on any atom is -0.341 e. The summed E-state index contributed by atoms with van der Waals surface area (Å²) in [5.41, 5.74) is 3.71. The predicted octanol–water partition coefficient (Wildman–Crippen LogP) is 4.66. The lowest BCUT2D eigenvalue weighted by Crippen LogP contribution is -2.43. The van der Waals surface area contributed by atoms with Gasteiger partial charge in [0.2, 0.25) is 5.91 Å².